The minimum Gasteiger partial charge on any atom is -0.352 e. The summed E-state index contributed by atoms with van der Waals surface area (Å²) in [6, 6.07) is 5.77. The van der Waals surface area contributed by atoms with Gasteiger partial charge in [-0.05, 0) is 49.4 Å². The number of amides is 1. The van der Waals surface area contributed by atoms with E-state index in [1.807, 2.05) is 0 Å². The largest absolute Gasteiger partial charge is 0.352 e. The number of nitrogens with two attached hydrogens (primary N) is 1. The quantitative estimate of drug-likeness (QED) is 0.877. The van der Waals surface area contributed by atoms with Crippen molar-refractivity contribution < 1.29 is 9.18 Å². The predicted molar refractivity (Wildman–Crippen MR) is 73.2 cm³/mol. The first-order valence-corrected chi connectivity index (χ1v) is 6.94. The summed E-state index contributed by atoms with van der Waals surface area (Å²) < 4.78 is 13.0. The van der Waals surface area contributed by atoms with Gasteiger partial charge in [0.05, 0.1) is 0 Å². The maximum atomic E-state index is 13.0. The van der Waals surface area contributed by atoms with Gasteiger partial charge in [0, 0.05) is 12.1 Å². The van der Waals surface area contributed by atoms with Crippen molar-refractivity contribution in [1.82, 2.24) is 5.32 Å². The lowest BCUT2D eigenvalue weighted by atomic mass is 9.79. The molecule has 1 aromatic rings. The molecule has 1 saturated carbocycles. The van der Waals surface area contributed by atoms with Gasteiger partial charge in [-0.25, -0.2) is 4.39 Å². The van der Waals surface area contributed by atoms with Crippen LogP contribution in [0.25, 0.3) is 0 Å². The maximum Gasteiger partial charge on any atom is 0.251 e. The molecule has 3 nitrogen and oxygen atoms in total. The number of nitrogens with one attached hydrogen (secondary N) is 1. The Bertz CT molecular complexity index is 436. The fourth-order valence-corrected chi connectivity index (χ4v) is 2.82. The van der Waals surface area contributed by atoms with E-state index in [1.165, 1.54) is 25.0 Å². The molecule has 0 saturated heterocycles. The molecule has 1 aromatic carbocycles. The van der Waals surface area contributed by atoms with E-state index < -0.39 is 0 Å². The molecule has 104 valence electrons. The van der Waals surface area contributed by atoms with Gasteiger partial charge in [0.25, 0.3) is 5.91 Å². The van der Waals surface area contributed by atoms with Crippen LogP contribution in [-0.4, -0.2) is 19.0 Å². The summed E-state index contributed by atoms with van der Waals surface area (Å²) in [6.45, 7) is 1.32. The van der Waals surface area contributed by atoms with Crippen molar-refractivity contribution in [2.45, 2.75) is 25.7 Å². The molecule has 1 amide bonds. The molecule has 0 bridgehead atoms. The summed E-state index contributed by atoms with van der Waals surface area (Å²) in [5.74, 6) is 0.365. The number of carbonyl (C=O) groups is 1. The fraction of sp³-hybridized carbons (Fsp3) is 0.533. The summed E-state index contributed by atoms with van der Waals surface area (Å²) in [4.78, 5) is 11.9. The van der Waals surface area contributed by atoms with Gasteiger partial charge in [-0.3, -0.25) is 4.79 Å². The standard InChI is InChI=1S/C15H21FN2O/c16-14-7-3-6-11(8-14)15(19)18-10-13-5-2-1-4-12(13)9-17/h3,6-8,12-13H,1-2,4-5,9-10,17H2,(H,18,19). The third-order valence-corrected chi connectivity index (χ3v) is 3.98. The van der Waals surface area contributed by atoms with Gasteiger partial charge in [-0.1, -0.05) is 18.9 Å². The van der Waals surface area contributed by atoms with Crippen molar-refractivity contribution in [3.63, 3.8) is 0 Å². The van der Waals surface area contributed by atoms with E-state index in [9.17, 15) is 9.18 Å². The maximum absolute atomic E-state index is 13.0. The van der Waals surface area contributed by atoms with Gasteiger partial charge < -0.3 is 11.1 Å². The van der Waals surface area contributed by atoms with E-state index in [4.69, 9.17) is 5.73 Å². The minimum atomic E-state index is -0.384. The third kappa shape index (κ3) is 3.77. The zero-order valence-electron chi connectivity index (χ0n) is 11.1. The van der Waals surface area contributed by atoms with Crippen LogP contribution in [0.5, 0.6) is 0 Å². The monoisotopic (exact) mass is 264 g/mol. The van der Waals surface area contributed by atoms with Crippen molar-refractivity contribution in [2.24, 2.45) is 17.6 Å². The lowest BCUT2D eigenvalue weighted by Crippen LogP contribution is -2.36. The van der Waals surface area contributed by atoms with Crippen molar-refractivity contribution in [1.29, 1.82) is 0 Å². The van der Waals surface area contributed by atoms with Crippen LogP contribution in [0, 0.1) is 17.7 Å². The first-order chi connectivity index (χ1) is 9.20. The van der Waals surface area contributed by atoms with Gasteiger partial charge in [-0.15, -0.1) is 0 Å². The van der Waals surface area contributed by atoms with Crippen LogP contribution in [0.15, 0.2) is 24.3 Å². The van der Waals surface area contributed by atoms with Crippen LogP contribution in [0.4, 0.5) is 4.39 Å². The number of rotatable bonds is 4. The molecular weight excluding hydrogens is 243 g/mol. The molecule has 19 heavy (non-hydrogen) atoms. The number of hydrogen-bond donors (Lipinski definition) is 2. The normalized spacial score (nSPS) is 23.1. The second kappa shape index (κ2) is 6.66. The molecule has 3 N–H and O–H groups in total. The Morgan fingerprint density at radius 2 is 2.05 bits per heavy atom. The average molecular weight is 264 g/mol. The smallest absolute Gasteiger partial charge is 0.251 e. The Morgan fingerprint density at radius 3 is 2.74 bits per heavy atom. The molecule has 1 aliphatic rings. The third-order valence-electron chi connectivity index (χ3n) is 3.98. The van der Waals surface area contributed by atoms with Crippen molar-refractivity contribution in [2.75, 3.05) is 13.1 Å². The average Bonchev–Trinajstić information content (AvgIpc) is 2.45. The van der Waals surface area contributed by atoms with E-state index >= 15 is 0 Å². The van der Waals surface area contributed by atoms with E-state index in [0.29, 0.717) is 30.5 Å². The summed E-state index contributed by atoms with van der Waals surface area (Å²) in [5, 5.41) is 2.90. The highest BCUT2D eigenvalue weighted by Gasteiger charge is 2.24. The van der Waals surface area contributed by atoms with Gasteiger partial charge in [0.15, 0.2) is 0 Å². The van der Waals surface area contributed by atoms with E-state index in [2.05, 4.69) is 5.32 Å². The van der Waals surface area contributed by atoms with Gasteiger partial charge in [0.1, 0.15) is 5.82 Å². The van der Waals surface area contributed by atoms with E-state index in [-0.39, 0.29) is 11.7 Å². The molecule has 2 rings (SSSR count). The lowest BCUT2D eigenvalue weighted by Gasteiger charge is -2.30. The summed E-state index contributed by atoms with van der Waals surface area (Å²) in [5.41, 5.74) is 6.14. The number of benzene rings is 1. The Morgan fingerprint density at radius 1 is 1.32 bits per heavy atom. The molecule has 0 radical (unpaired) electrons. The summed E-state index contributed by atoms with van der Waals surface area (Å²) in [7, 11) is 0. The van der Waals surface area contributed by atoms with Crippen LogP contribution < -0.4 is 11.1 Å². The van der Waals surface area contributed by atoms with Gasteiger partial charge >= 0.3 is 0 Å². The Kier molecular flexibility index (Phi) is 4.91. The molecule has 1 aliphatic carbocycles. The van der Waals surface area contributed by atoms with Crippen LogP contribution in [0.3, 0.4) is 0 Å². The van der Waals surface area contributed by atoms with Gasteiger partial charge in [0.2, 0.25) is 0 Å². The SMILES string of the molecule is NCC1CCCCC1CNC(=O)c1cccc(F)c1. The first-order valence-electron chi connectivity index (χ1n) is 6.94. The fourth-order valence-electron chi connectivity index (χ4n) is 2.82. The number of halogens is 1. The van der Waals surface area contributed by atoms with E-state index in [1.54, 1.807) is 12.1 Å². The number of hydrogen-bond acceptors (Lipinski definition) is 2. The molecule has 0 heterocycles. The highest BCUT2D eigenvalue weighted by Crippen LogP contribution is 2.28. The molecule has 4 heteroatoms. The second-order valence-electron chi connectivity index (χ2n) is 5.26. The minimum absolute atomic E-state index is 0.208. The van der Waals surface area contributed by atoms with Crippen LogP contribution in [0.1, 0.15) is 36.0 Å². The lowest BCUT2D eigenvalue weighted by molar-refractivity contribution is 0.0934. The highest BCUT2D eigenvalue weighted by atomic mass is 19.1. The molecule has 0 spiro atoms. The Balaban J connectivity index is 1.89. The molecule has 1 fully saturated rings. The molecule has 2 unspecified atom stereocenters. The molecular formula is C15H21FN2O. The molecule has 0 aromatic heterocycles. The van der Waals surface area contributed by atoms with Crippen molar-refractivity contribution in [3.05, 3.63) is 35.6 Å². The van der Waals surface area contributed by atoms with Gasteiger partial charge in [-0.2, -0.15) is 0 Å². The highest BCUT2D eigenvalue weighted by molar-refractivity contribution is 5.94. The Hall–Kier alpha value is -1.42. The predicted octanol–water partition coefficient (Wildman–Crippen LogP) is 2.32. The zero-order chi connectivity index (χ0) is 13.7. The number of carbonyl (C=O) groups excluding carboxylic acids is 1. The first kappa shape index (κ1) is 14.0. The topological polar surface area (TPSA) is 55.1 Å². The summed E-state index contributed by atoms with van der Waals surface area (Å²) >= 11 is 0. The van der Waals surface area contributed by atoms with Crippen molar-refractivity contribution >= 4 is 5.91 Å². The van der Waals surface area contributed by atoms with Crippen LogP contribution in [-0.2, 0) is 0 Å². The van der Waals surface area contributed by atoms with E-state index in [0.717, 1.165) is 12.8 Å². The van der Waals surface area contributed by atoms with Crippen molar-refractivity contribution in [3.8, 4) is 0 Å². The second-order valence-corrected chi connectivity index (χ2v) is 5.26. The Labute approximate surface area is 113 Å². The van der Waals surface area contributed by atoms with Crippen LogP contribution >= 0.6 is 0 Å². The molecule has 0 aliphatic heterocycles. The van der Waals surface area contributed by atoms with Crippen LogP contribution in [0.2, 0.25) is 0 Å². The summed E-state index contributed by atoms with van der Waals surface area (Å²) in [6.07, 6.45) is 4.70. The molecule has 2 atom stereocenters. The zero-order valence-corrected chi connectivity index (χ0v) is 11.1.